The zero-order chi connectivity index (χ0) is 20.4. The van der Waals surface area contributed by atoms with Crippen molar-refractivity contribution in [2.75, 3.05) is 11.9 Å². The van der Waals surface area contributed by atoms with Gasteiger partial charge in [0.25, 0.3) is 5.91 Å². The minimum atomic E-state index is -0.190. The number of hydrogen-bond acceptors (Lipinski definition) is 5. The SMILES string of the molecule is CCOc1ccc(-c2cc(C(=O)Nc3nc(C)c(C)s3)c3ccccc3n2)cc1. The van der Waals surface area contributed by atoms with Gasteiger partial charge < -0.3 is 4.74 Å². The van der Waals surface area contributed by atoms with Crippen LogP contribution in [0.4, 0.5) is 5.13 Å². The molecule has 2 aromatic carbocycles. The number of aromatic nitrogens is 2. The summed E-state index contributed by atoms with van der Waals surface area (Å²) in [5.74, 6) is 0.619. The minimum absolute atomic E-state index is 0.190. The third kappa shape index (κ3) is 3.98. The van der Waals surface area contributed by atoms with E-state index in [1.807, 2.05) is 75.4 Å². The lowest BCUT2D eigenvalue weighted by atomic mass is 10.0. The molecule has 0 atom stereocenters. The Balaban J connectivity index is 1.75. The Morgan fingerprint density at radius 1 is 1.07 bits per heavy atom. The van der Waals surface area contributed by atoms with E-state index < -0.39 is 0 Å². The zero-order valence-corrected chi connectivity index (χ0v) is 17.3. The van der Waals surface area contributed by atoms with E-state index in [1.165, 1.54) is 11.3 Å². The van der Waals surface area contributed by atoms with Gasteiger partial charge in [0.2, 0.25) is 0 Å². The number of para-hydroxylation sites is 1. The fraction of sp³-hybridized carbons (Fsp3) is 0.174. The molecule has 0 saturated carbocycles. The number of anilines is 1. The molecule has 1 amide bonds. The molecule has 1 N–H and O–H groups in total. The van der Waals surface area contributed by atoms with Gasteiger partial charge in [-0.2, -0.15) is 0 Å². The van der Waals surface area contributed by atoms with Gasteiger partial charge in [-0.05, 0) is 57.2 Å². The lowest BCUT2D eigenvalue weighted by Gasteiger charge is -2.10. The summed E-state index contributed by atoms with van der Waals surface area (Å²) in [5, 5.41) is 4.35. The second kappa shape index (κ2) is 8.01. The third-order valence-electron chi connectivity index (χ3n) is 4.67. The number of benzene rings is 2. The van der Waals surface area contributed by atoms with Crippen molar-refractivity contribution in [3.8, 4) is 17.0 Å². The molecule has 0 bridgehead atoms. The number of hydrogen-bond donors (Lipinski definition) is 1. The Kier molecular flexibility index (Phi) is 5.27. The van der Waals surface area contributed by atoms with Gasteiger partial charge in [0, 0.05) is 15.8 Å². The summed E-state index contributed by atoms with van der Waals surface area (Å²) >= 11 is 1.48. The molecule has 6 heteroatoms. The number of pyridine rings is 1. The minimum Gasteiger partial charge on any atom is -0.494 e. The van der Waals surface area contributed by atoms with Crippen LogP contribution in [0, 0.1) is 13.8 Å². The summed E-state index contributed by atoms with van der Waals surface area (Å²) in [4.78, 5) is 23.3. The maximum Gasteiger partial charge on any atom is 0.258 e. The molecule has 0 aliphatic rings. The van der Waals surface area contributed by atoms with Gasteiger partial charge >= 0.3 is 0 Å². The van der Waals surface area contributed by atoms with Crippen molar-refractivity contribution < 1.29 is 9.53 Å². The van der Waals surface area contributed by atoms with E-state index in [9.17, 15) is 4.79 Å². The van der Waals surface area contributed by atoms with Crippen LogP contribution >= 0.6 is 11.3 Å². The molecule has 2 aromatic heterocycles. The zero-order valence-electron chi connectivity index (χ0n) is 16.5. The molecule has 0 fully saturated rings. The molecule has 0 aliphatic heterocycles. The molecule has 0 spiro atoms. The number of rotatable bonds is 5. The average Bonchev–Trinajstić information content (AvgIpc) is 3.04. The second-order valence-corrected chi connectivity index (χ2v) is 7.85. The van der Waals surface area contributed by atoms with Crippen LogP contribution < -0.4 is 10.1 Å². The van der Waals surface area contributed by atoms with E-state index in [4.69, 9.17) is 9.72 Å². The maximum atomic E-state index is 13.1. The predicted octanol–water partition coefficient (Wildman–Crippen LogP) is 5.63. The lowest BCUT2D eigenvalue weighted by Crippen LogP contribution is -2.13. The monoisotopic (exact) mass is 403 g/mol. The molecule has 0 saturated heterocycles. The predicted molar refractivity (Wildman–Crippen MR) is 118 cm³/mol. The van der Waals surface area contributed by atoms with Crippen molar-refractivity contribution in [2.45, 2.75) is 20.8 Å². The van der Waals surface area contributed by atoms with Crippen LogP contribution in [0.15, 0.2) is 54.6 Å². The van der Waals surface area contributed by atoms with Crippen molar-refractivity contribution in [2.24, 2.45) is 0 Å². The Morgan fingerprint density at radius 3 is 2.52 bits per heavy atom. The van der Waals surface area contributed by atoms with Crippen LogP contribution in [0.3, 0.4) is 0 Å². The highest BCUT2D eigenvalue weighted by Crippen LogP contribution is 2.28. The number of fused-ring (bicyclic) bond motifs is 1. The Hall–Kier alpha value is -3.25. The highest BCUT2D eigenvalue weighted by molar-refractivity contribution is 7.15. The topological polar surface area (TPSA) is 64.1 Å². The molecule has 29 heavy (non-hydrogen) atoms. The molecule has 0 unspecified atom stereocenters. The standard InChI is InChI=1S/C23H21N3O2S/c1-4-28-17-11-9-16(10-12-17)21-13-19(18-7-5-6-8-20(18)25-21)22(27)26-23-24-14(2)15(3)29-23/h5-13H,4H2,1-3H3,(H,24,26,27). The molecule has 4 rings (SSSR count). The molecule has 2 heterocycles. The fourth-order valence-electron chi connectivity index (χ4n) is 3.09. The van der Waals surface area contributed by atoms with Gasteiger partial charge in [0.15, 0.2) is 5.13 Å². The normalized spacial score (nSPS) is 10.9. The first-order valence-corrected chi connectivity index (χ1v) is 10.2. The van der Waals surface area contributed by atoms with Crippen molar-refractivity contribution in [1.82, 2.24) is 9.97 Å². The van der Waals surface area contributed by atoms with E-state index in [1.54, 1.807) is 0 Å². The second-order valence-electron chi connectivity index (χ2n) is 6.64. The van der Waals surface area contributed by atoms with Crippen molar-refractivity contribution in [1.29, 1.82) is 0 Å². The van der Waals surface area contributed by atoms with Crippen molar-refractivity contribution in [3.63, 3.8) is 0 Å². The smallest absolute Gasteiger partial charge is 0.258 e. The first kappa shape index (κ1) is 19.1. The summed E-state index contributed by atoms with van der Waals surface area (Å²) in [5.41, 5.74) is 3.94. The summed E-state index contributed by atoms with van der Waals surface area (Å²) in [7, 11) is 0. The van der Waals surface area contributed by atoms with Crippen LogP contribution in [0.2, 0.25) is 0 Å². The largest absolute Gasteiger partial charge is 0.494 e. The summed E-state index contributed by atoms with van der Waals surface area (Å²) in [6.45, 7) is 6.50. The van der Waals surface area contributed by atoms with Gasteiger partial charge in [0.1, 0.15) is 5.75 Å². The number of carbonyl (C=O) groups is 1. The molecular weight excluding hydrogens is 382 g/mol. The Bertz CT molecular complexity index is 1160. The summed E-state index contributed by atoms with van der Waals surface area (Å²) < 4.78 is 5.52. The van der Waals surface area contributed by atoms with E-state index in [0.29, 0.717) is 17.3 Å². The number of nitrogens with zero attached hydrogens (tertiary/aromatic N) is 2. The molecule has 0 aliphatic carbocycles. The number of amides is 1. The van der Waals surface area contributed by atoms with E-state index in [2.05, 4.69) is 10.3 Å². The molecule has 0 radical (unpaired) electrons. The van der Waals surface area contributed by atoms with Crippen molar-refractivity contribution >= 4 is 33.3 Å². The summed E-state index contributed by atoms with van der Waals surface area (Å²) in [6, 6.07) is 17.2. The van der Waals surface area contributed by atoms with Gasteiger partial charge in [-0.15, -0.1) is 11.3 Å². The highest BCUT2D eigenvalue weighted by Gasteiger charge is 2.16. The number of aryl methyl sites for hydroxylation is 2. The Labute approximate surface area is 173 Å². The molecule has 146 valence electrons. The highest BCUT2D eigenvalue weighted by atomic mass is 32.1. The maximum absolute atomic E-state index is 13.1. The average molecular weight is 404 g/mol. The summed E-state index contributed by atoms with van der Waals surface area (Å²) in [6.07, 6.45) is 0. The van der Waals surface area contributed by atoms with Crippen LogP contribution in [0.25, 0.3) is 22.2 Å². The molecule has 4 aromatic rings. The van der Waals surface area contributed by atoms with Crippen LogP contribution in [-0.4, -0.2) is 22.5 Å². The van der Waals surface area contributed by atoms with Crippen LogP contribution in [-0.2, 0) is 0 Å². The number of thiazole rings is 1. The molecular formula is C23H21N3O2S. The number of ether oxygens (including phenoxy) is 1. The van der Waals surface area contributed by atoms with Gasteiger partial charge in [-0.25, -0.2) is 9.97 Å². The van der Waals surface area contributed by atoms with E-state index in [-0.39, 0.29) is 5.91 Å². The van der Waals surface area contributed by atoms with Gasteiger partial charge in [0.05, 0.1) is 29.1 Å². The van der Waals surface area contributed by atoms with Gasteiger partial charge in [-0.1, -0.05) is 18.2 Å². The Morgan fingerprint density at radius 2 is 1.83 bits per heavy atom. The van der Waals surface area contributed by atoms with Crippen LogP contribution in [0.5, 0.6) is 5.75 Å². The first-order valence-electron chi connectivity index (χ1n) is 9.43. The van der Waals surface area contributed by atoms with E-state index in [0.717, 1.165) is 38.5 Å². The van der Waals surface area contributed by atoms with E-state index >= 15 is 0 Å². The number of nitrogens with one attached hydrogen (secondary N) is 1. The van der Waals surface area contributed by atoms with Crippen LogP contribution in [0.1, 0.15) is 27.9 Å². The van der Waals surface area contributed by atoms with Crippen molar-refractivity contribution in [3.05, 3.63) is 70.7 Å². The van der Waals surface area contributed by atoms with Gasteiger partial charge in [-0.3, -0.25) is 10.1 Å². The number of carbonyl (C=O) groups excluding carboxylic acids is 1. The molecule has 5 nitrogen and oxygen atoms in total. The lowest BCUT2D eigenvalue weighted by molar-refractivity contribution is 0.102. The third-order valence-corrected chi connectivity index (χ3v) is 5.66. The quantitative estimate of drug-likeness (QED) is 0.469. The first-order chi connectivity index (χ1) is 14.0. The fourth-order valence-corrected chi connectivity index (χ4v) is 3.90.